The number of aromatic hydroxyl groups is 1. The highest BCUT2D eigenvalue weighted by atomic mass is 19.4. The molecule has 2 nitrogen and oxygen atoms in total. The molecule has 15 heavy (non-hydrogen) atoms. The van der Waals surface area contributed by atoms with Crippen molar-refractivity contribution in [2.45, 2.75) is 19.8 Å². The van der Waals surface area contributed by atoms with Gasteiger partial charge in [0.1, 0.15) is 5.75 Å². The maximum Gasteiger partial charge on any atom is 0.460 e. The Morgan fingerprint density at radius 3 is 2.33 bits per heavy atom. The van der Waals surface area contributed by atoms with Crippen molar-refractivity contribution in [3.05, 3.63) is 29.8 Å². The van der Waals surface area contributed by atoms with Gasteiger partial charge in [-0.05, 0) is 6.07 Å². The molecule has 0 aliphatic heterocycles. The van der Waals surface area contributed by atoms with Crippen LogP contribution in [-0.4, -0.2) is 22.9 Å². The van der Waals surface area contributed by atoms with Gasteiger partial charge in [-0.1, -0.05) is 25.1 Å². The summed E-state index contributed by atoms with van der Waals surface area (Å²) in [4.78, 5) is 0.335. The average Bonchev–Trinajstić information content (AvgIpc) is 2.14. The van der Waals surface area contributed by atoms with E-state index in [1.165, 1.54) is 19.1 Å². The summed E-state index contributed by atoms with van der Waals surface area (Å²) in [5.74, 6) is -0.111. The number of hydrogen-bond acceptors (Lipinski definition) is 2. The lowest BCUT2D eigenvalue weighted by Gasteiger charge is -2.23. The largest absolute Gasteiger partial charge is 0.508 e. The summed E-state index contributed by atoms with van der Waals surface area (Å²) in [6, 6.07) is 6.02. The molecule has 1 aromatic rings. The fraction of sp³-hybridized carbons (Fsp3) is 0.400. The number of phenolic OH excluding ortho intramolecular Hbond substituents is 1. The molecule has 0 aliphatic carbocycles. The Hall–Kier alpha value is -1.23. The van der Waals surface area contributed by atoms with E-state index in [1.54, 1.807) is 12.1 Å². The van der Waals surface area contributed by atoms with E-state index in [0.717, 1.165) is 0 Å². The Morgan fingerprint density at radius 1 is 1.27 bits per heavy atom. The van der Waals surface area contributed by atoms with Crippen LogP contribution in [0.2, 0.25) is 0 Å². The molecule has 0 saturated carbocycles. The number of benzene rings is 1. The third-order valence-corrected chi connectivity index (χ3v) is 2.09. The highest BCUT2D eigenvalue weighted by molar-refractivity contribution is 5.31. The number of rotatable bonds is 3. The minimum absolute atomic E-state index is 0.111. The molecule has 0 atom stereocenters. The highest BCUT2D eigenvalue weighted by Gasteiger charge is 2.35. The van der Waals surface area contributed by atoms with Crippen LogP contribution in [0.3, 0.4) is 0 Å². The van der Waals surface area contributed by atoms with E-state index >= 15 is 0 Å². The van der Waals surface area contributed by atoms with E-state index in [4.69, 9.17) is 0 Å². The zero-order valence-corrected chi connectivity index (χ0v) is 8.25. The molecule has 0 aliphatic rings. The molecule has 84 valence electrons. The SMILES string of the molecule is CCN(Cc1ccccc1O)C(F)(F)F. The second-order valence-electron chi connectivity index (χ2n) is 3.11. The lowest BCUT2D eigenvalue weighted by atomic mass is 10.2. The lowest BCUT2D eigenvalue weighted by Crippen LogP contribution is -2.37. The molecular weight excluding hydrogens is 207 g/mol. The second kappa shape index (κ2) is 4.53. The summed E-state index contributed by atoms with van der Waals surface area (Å²) in [6.45, 7) is 0.956. The summed E-state index contributed by atoms with van der Waals surface area (Å²) < 4.78 is 37.1. The van der Waals surface area contributed by atoms with E-state index in [9.17, 15) is 18.3 Å². The van der Waals surface area contributed by atoms with Crippen LogP contribution in [-0.2, 0) is 6.54 Å². The van der Waals surface area contributed by atoms with Crippen LogP contribution in [0.25, 0.3) is 0 Å². The predicted octanol–water partition coefficient (Wildman–Crippen LogP) is 2.73. The van der Waals surface area contributed by atoms with Crippen LogP contribution in [0.15, 0.2) is 24.3 Å². The number of phenols is 1. The Balaban J connectivity index is 2.80. The molecule has 0 bridgehead atoms. The fourth-order valence-electron chi connectivity index (χ4n) is 1.23. The monoisotopic (exact) mass is 219 g/mol. The summed E-state index contributed by atoms with van der Waals surface area (Å²) in [6.07, 6.45) is -4.36. The molecule has 0 aromatic heterocycles. The van der Waals surface area contributed by atoms with Gasteiger partial charge in [0.05, 0.1) is 0 Å². The van der Waals surface area contributed by atoms with E-state index in [2.05, 4.69) is 0 Å². The first-order valence-corrected chi connectivity index (χ1v) is 4.53. The molecule has 1 N–H and O–H groups in total. The van der Waals surface area contributed by atoms with Gasteiger partial charge in [-0.3, -0.25) is 0 Å². The summed E-state index contributed by atoms with van der Waals surface area (Å²) in [5, 5.41) is 9.33. The van der Waals surface area contributed by atoms with E-state index < -0.39 is 6.30 Å². The van der Waals surface area contributed by atoms with Crippen molar-refractivity contribution in [2.75, 3.05) is 6.54 Å². The number of para-hydroxylation sites is 1. The quantitative estimate of drug-likeness (QED) is 0.790. The number of nitrogens with zero attached hydrogens (tertiary/aromatic N) is 1. The molecular formula is C10H12F3NO. The van der Waals surface area contributed by atoms with Crippen molar-refractivity contribution in [1.29, 1.82) is 0 Å². The van der Waals surface area contributed by atoms with E-state index in [0.29, 0.717) is 4.90 Å². The van der Waals surface area contributed by atoms with Crippen molar-refractivity contribution in [3.8, 4) is 5.75 Å². The zero-order chi connectivity index (χ0) is 11.5. The summed E-state index contributed by atoms with van der Waals surface area (Å²) in [5.41, 5.74) is 0.275. The Labute approximate surface area is 85.9 Å². The normalized spacial score (nSPS) is 12.1. The van der Waals surface area contributed by atoms with Crippen molar-refractivity contribution in [2.24, 2.45) is 0 Å². The molecule has 5 heteroatoms. The van der Waals surface area contributed by atoms with Gasteiger partial charge in [0.15, 0.2) is 0 Å². The van der Waals surface area contributed by atoms with Crippen LogP contribution in [0.5, 0.6) is 5.75 Å². The van der Waals surface area contributed by atoms with E-state index in [1.807, 2.05) is 0 Å². The maximum atomic E-state index is 12.4. The van der Waals surface area contributed by atoms with Gasteiger partial charge in [-0.2, -0.15) is 13.2 Å². The fourth-order valence-corrected chi connectivity index (χ4v) is 1.23. The highest BCUT2D eigenvalue weighted by Crippen LogP contribution is 2.26. The van der Waals surface area contributed by atoms with Crippen LogP contribution < -0.4 is 0 Å². The number of hydrogen-bond donors (Lipinski definition) is 1. The second-order valence-corrected chi connectivity index (χ2v) is 3.11. The van der Waals surface area contributed by atoms with Crippen LogP contribution >= 0.6 is 0 Å². The third-order valence-electron chi connectivity index (χ3n) is 2.09. The topological polar surface area (TPSA) is 23.5 Å². The standard InChI is InChI=1S/C10H12F3NO/c1-2-14(10(11,12)13)7-8-5-3-4-6-9(8)15/h3-6,15H,2,7H2,1H3. The van der Waals surface area contributed by atoms with E-state index in [-0.39, 0.29) is 24.4 Å². The minimum Gasteiger partial charge on any atom is -0.508 e. The number of halogens is 3. The van der Waals surface area contributed by atoms with Gasteiger partial charge < -0.3 is 5.11 Å². The smallest absolute Gasteiger partial charge is 0.460 e. The molecule has 0 amide bonds. The average molecular weight is 219 g/mol. The van der Waals surface area contributed by atoms with Crippen molar-refractivity contribution in [3.63, 3.8) is 0 Å². The third kappa shape index (κ3) is 3.13. The first-order chi connectivity index (χ1) is 6.95. The van der Waals surface area contributed by atoms with Crippen LogP contribution in [0, 0.1) is 0 Å². The molecule has 0 radical (unpaired) electrons. The molecule has 0 saturated heterocycles. The molecule has 1 rings (SSSR count). The molecule has 0 heterocycles. The predicted molar refractivity (Wildman–Crippen MR) is 50.2 cm³/mol. The minimum atomic E-state index is -4.36. The summed E-state index contributed by atoms with van der Waals surface area (Å²) in [7, 11) is 0. The van der Waals surface area contributed by atoms with Crippen molar-refractivity contribution < 1.29 is 18.3 Å². The van der Waals surface area contributed by atoms with Crippen LogP contribution in [0.1, 0.15) is 12.5 Å². The molecule has 0 unspecified atom stereocenters. The zero-order valence-electron chi connectivity index (χ0n) is 8.25. The van der Waals surface area contributed by atoms with Gasteiger partial charge in [0.2, 0.25) is 0 Å². The van der Waals surface area contributed by atoms with Crippen molar-refractivity contribution >= 4 is 0 Å². The molecule has 0 fully saturated rings. The van der Waals surface area contributed by atoms with Gasteiger partial charge in [-0.15, -0.1) is 0 Å². The first-order valence-electron chi connectivity index (χ1n) is 4.53. The van der Waals surface area contributed by atoms with Crippen molar-refractivity contribution in [1.82, 2.24) is 4.90 Å². The Morgan fingerprint density at radius 2 is 1.87 bits per heavy atom. The first kappa shape index (κ1) is 11.8. The number of alkyl halides is 3. The molecule has 1 aromatic carbocycles. The Bertz CT molecular complexity index is 325. The van der Waals surface area contributed by atoms with Gasteiger partial charge in [0.25, 0.3) is 0 Å². The summed E-state index contributed by atoms with van der Waals surface area (Å²) >= 11 is 0. The van der Waals surface area contributed by atoms with Gasteiger partial charge in [0, 0.05) is 18.7 Å². The lowest BCUT2D eigenvalue weighted by molar-refractivity contribution is -0.247. The van der Waals surface area contributed by atoms with Crippen LogP contribution in [0.4, 0.5) is 13.2 Å². The maximum absolute atomic E-state index is 12.4. The van der Waals surface area contributed by atoms with Gasteiger partial charge >= 0.3 is 6.30 Å². The molecule has 0 spiro atoms. The Kier molecular flexibility index (Phi) is 3.57. The van der Waals surface area contributed by atoms with Gasteiger partial charge in [-0.25, -0.2) is 4.90 Å².